The zero-order valence-electron chi connectivity index (χ0n) is 8.95. The third-order valence-corrected chi connectivity index (χ3v) is 2.57. The van der Waals surface area contributed by atoms with E-state index < -0.39 is 12.0 Å². The molecule has 2 N–H and O–H groups in total. The Hall–Kier alpha value is -0.260. The number of aliphatic carboxylic acids is 1. The summed E-state index contributed by atoms with van der Waals surface area (Å²) >= 11 is 1.59. The second-order valence-corrected chi connectivity index (χ2v) is 4.43. The Labute approximate surface area is 89.4 Å². The van der Waals surface area contributed by atoms with Crippen molar-refractivity contribution in [1.82, 2.24) is 5.32 Å². The smallest absolute Gasteiger partial charge is 0.321 e. The fourth-order valence-electron chi connectivity index (χ4n) is 0.937. The largest absolute Gasteiger partial charge is 0.480 e. The number of rotatable bonds is 8. The molecule has 0 aliphatic rings. The molecular weight excluding hydrogens is 202 g/mol. The number of methoxy groups -OCH3 is 1. The van der Waals surface area contributed by atoms with Crippen LogP contribution >= 0.6 is 11.8 Å². The molecule has 1 unspecified atom stereocenters. The molecule has 0 fully saturated rings. The number of carboxylic acid groups (broad SMARTS) is 1. The van der Waals surface area contributed by atoms with Crippen molar-refractivity contribution in [2.45, 2.75) is 25.9 Å². The Morgan fingerprint density at radius 1 is 1.57 bits per heavy atom. The van der Waals surface area contributed by atoms with Crippen LogP contribution in [0.2, 0.25) is 0 Å². The summed E-state index contributed by atoms with van der Waals surface area (Å²) in [6.07, 6.45) is 0. The number of hydrogen-bond acceptors (Lipinski definition) is 4. The van der Waals surface area contributed by atoms with E-state index in [-0.39, 0.29) is 6.04 Å². The van der Waals surface area contributed by atoms with Crippen LogP contribution in [0.3, 0.4) is 0 Å². The lowest BCUT2D eigenvalue weighted by molar-refractivity contribution is -0.139. The van der Waals surface area contributed by atoms with Crippen LogP contribution in [0.1, 0.15) is 13.8 Å². The molecule has 0 spiro atoms. The van der Waals surface area contributed by atoms with Crippen molar-refractivity contribution in [2.24, 2.45) is 0 Å². The van der Waals surface area contributed by atoms with Gasteiger partial charge in [-0.05, 0) is 0 Å². The van der Waals surface area contributed by atoms with Gasteiger partial charge in [-0.2, -0.15) is 11.8 Å². The molecule has 5 heteroatoms. The van der Waals surface area contributed by atoms with E-state index in [0.29, 0.717) is 12.4 Å². The first-order chi connectivity index (χ1) is 6.57. The molecule has 1 atom stereocenters. The number of nitrogens with one attached hydrogen (secondary N) is 1. The molecule has 14 heavy (non-hydrogen) atoms. The van der Waals surface area contributed by atoms with Crippen LogP contribution in [-0.4, -0.2) is 48.4 Å². The van der Waals surface area contributed by atoms with E-state index in [2.05, 4.69) is 5.32 Å². The molecule has 0 amide bonds. The van der Waals surface area contributed by atoms with Gasteiger partial charge in [0.15, 0.2) is 0 Å². The highest BCUT2D eigenvalue weighted by Crippen LogP contribution is 2.03. The Bertz CT molecular complexity index is 164. The van der Waals surface area contributed by atoms with E-state index in [1.807, 2.05) is 13.8 Å². The zero-order chi connectivity index (χ0) is 11.0. The maximum Gasteiger partial charge on any atom is 0.321 e. The van der Waals surface area contributed by atoms with Gasteiger partial charge in [0.05, 0.1) is 6.61 Å². The Balaban J connectivity index is 3.68. The molecule has 0 bridgehead atoms. The standard InChI is InChI=1S/C9H19NO3S/c1-7(2)10-8(9(11)12)6-14-5-4-13-3/h7-8,10H,4-6H2,1-3H3,(H,11,12). The number of thioether (sulfide) groups is 1. The highest BCUT2D eigenvalue weighted by atomic mass is 32.2. The second kappa shape index (κ2) is 8.08. The van der Waals surface area contributed by atoms with Gasteiger partial charge in [-0.25, -0.2) is 0 Å². The molecule has 0 radical (unpaired) electrons. The fourth-order valence-corrected chi connectivity index (χ4v) is 1.86. The topological polar surface area (TPSA) is 58.6 Å². The van der Waals surface area contributed by atoms with Crippen molar-refractivity contribution in [3.8, 4) is 0 Å². The van der Waals surface area contributed by atoms with E-state index in [9.17, 15) is 4.79 Å². The van der Waals surface area contributed by atoms with Gasteiger partial charge >= 0.3 is 5.97 Å². The van der Waals surface area contributed by atoms with Crippen LogP contribution in [0.15, 0.2) is 0 Å². The minimum absolute atomic E-state index is 0.194. The summed E-state index contributed by atoms with van der Waals surface area (Å²) in [6, 6.07) is -0.268. The van der Waals surface area contributed by atoms with Crippen molar-refractivity contribution < 1.29 is 14.6 Å². The average Bonchev–Trinajstić information content (AvgIpc) is 2.09. The van der Waals surface area contributed by atoms with Crippen LogP contribution in [0.25, 0.3) is 0 Å². The van der Waals surface area contributed by atoms with Crippen LogP contribution in [-0.2, 0) is 9.53 Å². The number of hydrogen-bond donors (Lipinski definition) is 2. The first-order valence-corrected chi connectivity index (χ1v) is 5.79. The van der Waals surface area contributed by atoms with E-state index in [1.165, 1.54) is 0 Å². The van der Waals surface area contributed by atoms with Gasteiger partial charge in [-0.3, -0.25) is 4.79 Å². The summed E-state index contributed by atoms with van der Waals surface area (Å²) in [5.74, 6) is 0.625. The Morgan fingerprint density at radius 3 is 2.64 bits per heavy atom. The molecule has 4 nitrogen and oxygen atoms in total. The van der Waals surface area contributed by atoms with Gasteiger partial charge in [0.1, 0.15) is 6.04 Å². The molecule has 0 rings (SSSR count). The summed E-state index contributed by atoms with van der Waals surface area (Å²) in [5.41, 5.74) is 0. The molecule has 0 saturated carbocycles. The quantitative estimate of drug-likeness (QED) is 0.594. The molecule has 0 aromatic carbocycles. The van der Waals surface area contributed by atoms with Gasteiger partial charge in [-0.15, -0.1) is 0 Å². The van der Waals surface area contributed by atoms with Crippen molar-refractivity contribution in [3.05, 3.63) is 0 Å². The average molecular weight is 221 g/mol. The molecule has 84 valence electrons. The first-order valence-electron chi connectivity index (χ1n) is 4.63. The predicted octanol–water partition coefficient (Wildman–Crippen LogP) is 0.817. The molecule has 0 aromatic heterocycles. The van der Waals surface area contributed by atoms with Crippen LogP contribution in [0, 0.1) is 0 Å². The lowest BCUT2D eigenvalue weighted by atomic mass is 10.3. The van der Waals surface area contributed by atoms with Crippen molar-refractivity contribution in [3.63, 3.8) is 0 Å². The van der Waals surface area contributed by atoms with Gasteiger partial charge in [0.2, 0.25) is 0 Å². The summed E-state index contributed by atoms with van der Waals surface area (Å²) in [7, 11) is 1.64. The van der Waals surface area contributed by atoms with Crippen molar-refractivity contribution in [1.29, 1.82) is 0 Å². The van der Waals surface area contributed by atoms with Gasteiger partial charge in [-0.1, -0.05) is 13.8 Å². The molecular formula is C9H19NO3S. The maximum atomic E-state index is 10.8. The number of carbonyl (C=O) groups is 1. The van der Waals surface area contributed by atoms with Crippen molar-refractivity contribution in [2.75, 3.05) is 25.2 Å². The summed E-state index contributed by atoms with van der Waals surface area (Å²) in [4.78, 5) is 10.8. The lowest BCUT2D eigenvalue weighted by Crippen LogP contribution is -2.42. The molecule has 0 aliphatic carbocycles. The van der Waals surface area contributed by atoms with Gasteiger partial charge < -0.3 is 15.2 Å². The van der Waals surface area contributed by atoms with E-state index >= 15 is 0 Å². The fraction of sp³-hybridized carbons (Fsp3) is 0.889. The third-order valence-electron chi connectivity index (χ3n) is 1.55. The number of ether oxygens (including phenoxy) is 1. The SMILES string of the molecule is COCCSCC(NC(C)C)C(=O)O. The minimum Gasteiger partial charge on any atom is -0.480 e. The Kier molecular flexibility index (Phi) is 7.93. The normalized spacial score (nSPS) is 13.1. The predicted molar refractivity (Wildman–Crippen MR) is 58.9 cm³/mol. The lowest BCUT2D eigenvalue weighted by Gasteiger charge is -2.16. The maximum absolute atomic E-state index is 10.8. The number of carboxylic acids is 1. The summed E-state index contributed by atoms with van der Waals surface area (Å²) in [6.45, 7) is 4.55. The van der Waals surface area contributed by atoms with Gasteiger partial charge in [0.25, 0.3) is 0 Å². The minimum atomic E-state index is -0.788. The second-order valence-electron chi connectivity index (χ2n) is 3.28. The monoisotopic (exact) mass is 221 g/mol. The summed E-state index contributed by atoms with van der Waals surface area (Å²) in [5, 5.41) is 11.9. The molecule has 0 saturated heterocycles. The molecule has 0 heterocycles. The highest BCUT2D eigenvalue weighted by Gasteiger charge is 2.17. The Morgan fingerprint density at radius 2 is 2.21 bits per heavy atom. The molecule has 0 aliphatic heterocycles. The van der Waals surface area contributed by atoms with Crippen LogP contribution in [0.4, 0.5) is 0 Å². The van der Waals surface area contributed by atoms with Crippen LogP contribution < -0.4 is 5.32 Å². The summed E-state index contributed by atoms with van der Waals surface area (Å²) < 4.78 is 4.88. The van der Waals surface area contributed by atoms with Crippen LogP contribution in [0.5, 0.6) is 0 Å². The molecule has 0 aromatic rings. The van der Waals surface area contributed by atoms with Gasteiger partial charge in [0, 0.05) is 24.7 Å². The first kappa shape index (κ1) is 13.7. The van der Waals surface area contributed by atoms with Crippen molar-refractivity contribution >= 4 is 17.7 Å². The third kappa shape index (κ3) is 7.17. The highest BCUT2D eigenvalue weighted by molar-refractivity contribution is 7.99. The van der Waals surface area contributed by atoms with E-state index in [1.54, 1.807) is 18.9 Å². The zero-order valence-corrected chi connectivity index (χ0v) is 9.76. The van der Waals surface area contributed by atoms with E-state index in [4.69, 9.17) is 9.84 Å². The van der Waals surface area contributed by atoms with E-state index in [0.717, 1.165) is 5.75 Å².